The van der Waals surface area contributed by atoms with E-state index in [4.69, 9.17) is 9.84 Å². The molecule has 0 aliphatic heterocycles. The second kappa shape index (κ2) is 4.19. The molecule has 0 amide bonds. The summed E-state index contributed by atoms with van der Waals surface area (Å²) in [6.45, 7) is 3.51. The predicted molar refractivity (Wildman–Crippen MR) is 49.8 cm³/mol. The molecular weight excluding hydrogens is 206 g/mol. The minimum Gasteiger partial charge on any atom is -0.476 e. The number of aryl methyl sites for hydroxylation is 1. The Hall–Kier alpha value is -1.43. The van der Waals surface area contributed by atoms with Crippen molar-refractivity contribution in [3.63, 3.8) is 0 Å². The van der Waals surface area contributed by atoms with Gasteiger partial charge in [-0.3, -0.25) is 0 Å². The van der Waals surface area contributed by atoms with Gasteiger partial charge in [0.25, 0.3) is 0 Å². The largest absolute Gasteiger partial charge is 0.476 e. The Bertz CT molecular complexity index is 371. The van der Waals surface area contributed by atoms with Crippen molar-refractivity contribution in [1.82, 2.24) is 4.98 Å². The highest BCUT2D eigenvalue weighted by atomic mass is 32.1. The smallest absolute Gasteiger partial charge is 0.356 e. The van der Waals surface area contributed by atoms with E-state index in [1.165, 1.54) is 0 Å². The summed E-state index contributed by atoms with van der Waals surface area (Å²) in [6, 6.07) is 0. The molecule has 0 saturated carbocycles. The lowest BCUT2D eigenvalue weighted by Crippen LogP contribution is -2.09. The van der Waals surface area contributed by atoms with Crippen LogP contribution in [0.4, 0.5) is 0 Å². The number of esters is 1. The van der Waals surface area contributed by atoms with Crippen LogP contribution >= 0.6 is 11.3 Å². The number of rotatable bonds is 3. The average Bonchev–Trinajstić information content (AvgIpc) is 2.48. The Balaban J connectivity index is 3.06. The van der Waals surface area contributed by atoms with Crippen molar-refractivity contribution in [2.75, 3.05) is 6.61 Å². The van der Waals surface area contributed by atoms with Gasteiger partial charge in [0.1, 0.15) is 4.88 Å². The Morgan fingerprint density at radius 3 is 2.71 bits per heavy atom. The summed E-state index contributed by atoms with van der Waals surface area (Å²) in [5.74, 6) is -1.84. The fourth-order valence-electron chi connectivity index (χ4n) is 0.907. The van der Waals surface area contributed by atoms with Crippen molar-refractivity contribution < 1.29 is 19.4 Å². The molecule has 1 heterocycles. The lowest BCUT2D eigenvalue weighted by atomic mass is 10.3. The van der Waals surface area contributed by atoms with Gasteiger partial charge in [0, 0.05) is 0 Å². The molecule has 6 heteroatoms. The third-order valence-corrected chi connectivity index (χ3v) is 2.35. The van der Waals surface area contributed by atoms with Gasteiger partial charge in [-0.15, -0.1) is 11.3 Å². The monoisotopic (exact) mass is 215 g/mol. The molecule has 0 spiro atoms. The van der Waals surface area contributed by atoms with Gasteiger partial charge in [0.05, 0.1) is 11.6 Å². The van der Waals surface area contributed by atoms with Crippen LogP contribution in [0.2, 0.25) is 0 Å². The lowest BCUT2D eigenvalue weighted by Gasteiger charge is -1.98. The first-order valence-electron chi connectivity index (χ1n) is 3.94. The molecule has 0 bridgehead atoms. The number of thiazole rings is 1. The summed E-state index contributed by atoms with van der Waals surface area (Å²) in [5.41, 5.74) is -0.231. The summed E-state index contributed by atoms with van der Waals surface area (Å²) in [4.78, 5) is 25.7. The maximum Gasteiger partial charge on any atom is 0.356 e. The van der Waals surface area contributed by atoms with Crippen LogP contribution in [0.5, 0.6) is 0 Å². The number of carbonyl (C=O) groups is 2. The van der Waals surface area contributed by atoms with Crippen molar-refractivity contribution in [1.29, 1.82) is 0 Å². The molecule has 0 aliphatic rings. The SMILES string of the molecule is CCOC(=O)c1sc(C)nc1C(=O)O. The summed E-state index contributed by atoms with van der Waals surface area (Å²) < 4.78 is 4.70. The Kier molecular flexibility index (Phi) is 3.19. The van der Waals surface area contributed by atoms with Crippen LogP contribution in [0.1, 0.15) is 32.1 Å². The molecule has 0 fully saturated rings. The zero-order valence-corrected chi connectivity index (χ0v) is 8.55. The van der Waals surface area contributed by atoms with Crippen molar-refractivity contribution in [2.45, 2.75) is 13.8 Å². The van der Waals surface area contributed by atoms with Crippen molar-refractivity contribution in [3.05, 3.63) is 15.6 Å². The van der Waals surface area contributed by atoms with Crippen LogP contribution in [-0.2, 0) is 4.74 Å². The lowest BCUT2D eigenvalue weighted by molar-refractivity contribution is 0.0519. The van der Waals surface area contributed by atoms with Gasteiger partial charge in [0.15, 0.2) is 5.69 Å². The molecule has 0 radical (unpaired) electrons. The van der Waals surface area contributed by atoms with E-state index < -0.39 is 11.9 Å². The van der Waals surface area contributed by atoms with Gasteiger partial charge < -0.3 is 9.84 Å². The van der Waals surface area contributed by atoms with E-state index in [0.29, 0.717) is 5.01 Å². The van der Waals surface area contributed by atoms with E-state index >= 15 is 0 Å². The highest BCUT2D eigenvalue weighted by Crippen LogP contribution is 2.18. The van der Waals surface area contributed by atoms with Gasteiger partial charge in [-0.25, -0.2) is 14.6 Å². The van der Waals surface area contributed by atoms with Crippen LogP contribution in [0.25, 0.3) is 0 Å². The van der Waals surface area contributed by atoms with E-state index in [1.807, 2.05) is 0 Å². The number of aromatic nitrogens is 1. The summed E-state index contributed by atoms with van der Waals surface area (Å²) in [5, 5.41) is 9.27. The number of carbonyl (C=O) groups excluding carboxylic acids is 1. The summed E-state index contributed by atoms with van der Waals surface area (Å²) in [7, 11) is 0. The number of aromatic carboxylic acids is 1. The van der Waals surface area contributed by atoms with Gasteiger partial charge >= 0.3 is 11.9 Å². The highest BCUT2D eigenvalue weighted by Gasteiger charge is 2.22. The first-order chi connectivity index (χ1) is 6.56. The fraction of sp³-hybridized carbons (Fsp3) is 0.375. The molecule has 1 rings (SSSR count). The minimum atomic E-state index is -1.21. The van der Waals surface area contributed by atoms with Crippen LogP contribution in [0, 0.1) is 6.92 Å². The number of ether oxygens (including phenoxy) is 1. The van der Waals surface area contributed by atoms with Crippen LogP contribution in [0.15, 0.2) is 0 Å². The molecule has 5 nitrogen and oxygen atoms in total. The van der Waals surface area contributed by atoms with Crippen LogP contribution in [0.3, 0.4) is 0 Å². The van der Waals surface area contributed by atoms with E-state index in [2.05, 4.69) is 4.98 Å². The molecule has 0 saturated heterocycles. The molecule has 1 N–H and O–H groups in total. The number of hydrogen-bond donors (Lipinski definition) is 1. The fourth-order valence-corrected chi connectivity index (χ4v) is 1.71. The van der Waals surface area contributed by atoms with Crippen molar-refractivity contribution >= 4 is 23.3 Å². The maximum atomic E-state index is 11.3. The van der Waals surface area contributed by atoms with E-state index in [0.717, 1.165) is 11.3 Å². The molecule has 76 valence electrons. The van der Waals surface area contributed by atoms with Crippen molar-refractivity contribution in [3.8, 4) is 0 Å². The number of hydrogen-bond acceptors (Lipinski definition) is 5. The Labute approximate surface area is 84.3 Å². The standard InChI is InChI=1S/C8H9NO4S/c1-3-13-8(12)6-5(7(10)11)9-4(2)14-6/h3H2,1-2H3,(H,10,11). The topological polar surface area (TPSA) is 76.5 Å². The van der Waals surface area contributed by atoms with Crippen molar-refractivity contribution in [2.24, 2.45) is 0 Å². The van der Waals surface area contributed by atoms with E-state index in [9.17, 15) is 9.59 Å². The Morgan fingerprint density at radius 1 is 1.57 bits per heavy atom. The zero-order chi connectivity index (χ0) is 10.7. The average molecular weight is 215 g/mol. The maximum absolute atomic E-state index is 11.3. The van der Waals surface area contributed by atoms with Gasteiger partial charge in [-0.05, 0) is 13.8 Å². The number of nitrogens with zero attached hydrogens (tertiary/aromatic N) is 1. The normalized spacial score (nSPS) is 9.86. The first kappa shape index (κ1) is 10.6. The number of carboxylic acid groups (broad SMARTS) is 1. The molecule has 0 atom stereocenters. The first-order valence-corrected chi connectivity index (χ1v) is 4.75. The highest BCUT2D eigenvalue weighted by molar-refractivity contribution is 7.13. The Morgan fingerprint density at radius 2 is 2.21 bits per heavy atom. The summed E-state index contributed by atoms with van der Waals surface area (Å²) >= 11 is 1.02. The molecule has 14 heavy (non-hydrogen) atoms. The third-order valence-electron chi connectivity index (χ3n) is 1.40. The van der Waals surface area contributed by atoms with Gasteiger partial charge in [-0.2, -0.15) is 0 Å². The van der Waals surface area contributed by atoms with Gasteiger partial charge in [-0.1, -0.05) is 0 Å². The zero-order valence-electron chi connectivity index (χ0n) is 7.73. The van der Waals surface area contributed by atoms with E-state index in [1.54, 1.807) is 13.8 Å². The van der Waals surface area contributed by atoms with E-state index in [-0.39, 0.29) is 17.2 Å². The van der Waals surface area contributed by atoms with Gasteiger partial charge in [0.2, 0.25) is 0 Å². The second-order valence-electron chi connectivity index (χ2n) is 2.44. The quantitative estimate of drug-likeness (QED) is 0.769. The molecule has 1 aromatic rings. The molecule has 0 unspecified atom stereocenters. The third kappa shape index (κ3) is 2.08. The molecule has 0 aromatic carbocycles. The molecule has 0 aliphatic carbocycles. The second-order valence-corrected chi connectivity index (χ2v) is 3.64. The summed E-state index contributed by atoms with van der Waals surface area (Å²) in [6.07, 6.45) is 0. The number of carboxylic acids is 1. The van der Waals surface area contributed by atoms with Crippen LogP contribution < -0.4 is 0 Å². The van der Waals surface area contributed by atoms with Crippen LogP contribution in [-0.4, -0.2) is 28.6 Å². The minimum absolute atomic E-state index is 0.0526. The predicted octanol–water partition coefficient (Wildman–Crippen LogP) is 1.33. The molecule has 1 aromatic heterocycles. The molecular formula is C8H9NO4S.